The second-order valence-corrected chi connectivity index (χ2v) is 6.63. The van der Waals surface area contributed by atoms with Gasteiger partial charge in [0.15, 0.2) is 0 Å². The van der Waals surface area contributed by atoms with Crippen LogP contribution in [-0.4, -0.2) is 23.4 Å². The number of anilines is 1. The van der Waals surface area contributed by atoms with Crippen molar-refractivity contribution in [3.05, 3.63) is 28.2 Å². The normalized spacial score (nSPS) is 24.5. The lowest BCUT2D eigenvalue weighted by Crippen LogP contribution is -2.69. The maximum absolute atomic E-state index is 13.0. The molecule has 1 saturated carbocycles. The van der Waals surface area contributed by atoms with Gasteiger partial charge in [-0.1, -0.05) is 36.0 Å². The van der Waals surface area contributed by atoms with Crippen LogP contribution in [0.2, 0.25) is 10.0 Å². The maximum atomic E-state index is 13.0. The van der Waals surface area contributed by atoms with Crippen molar-refractivity contribution in [2.24, 2.45) is 0 Å². The summed E-state index contributed by atoms with van der Waals surface area (Å²) in [6, 6.07) is 4.38. The Morgan fingerprint density at radius 2 is 1.71 bits per heavy atom. The quantitative estimate of drug-likeness (QED) is 0.861. The molecule has 2 fully saturated rings. The van der Waals surface area contributed by atoms with Crippen LogP contribution in [0.1, 0.15) is 32.6 Å². The van der Waals surface area contributed by atoms with E-state index in [2.05, 4.69) is 5.32 Å². The number of nitrogens with zero attached hydrogens (tertiary/aromatic N) is 1. The number of halogens is 2. The van der Waals surface area contributed by atoms with Crippen LogP contribution in [0.5, 0.6) is 0 Å². The minimum atomic E-state index is -0.752. The third-order valence-electron chi connectivity index (χ3n) is 4.34. The van der Waals surface area contributed by atoms with E-state index in [9.17, 15) is 9.59 Å². The van der Waals surface area contributed by atoms with E-state index in [0.29, 0.717) is 28.6 Å². The maximum Gasteiger partial charge on any atom is 0.253 e. The molecule has 1 unspecified atom stereocenters. The first kappa shape index (κ1) is 14.7. The highest BCUT2D eigenvalue weighted by Crippen LogP contribution is 2.37. The SMILES string of the molecule is CC1C(=O)NC2(CCCC2)C(=O)N1c1cc(Cl)cc(Cl)c1. The Kier molecular flexibility index (Phi) is 3.62. The Balaban J connectivity index is 2.05. The van der Waals surface area contributed by atoms with Crippen molar-refractivity contribution < 1.29 is 9.59 Å². The monoisotopic (exact) mass is 326 g/mol. The fourth-order valence-corrected chi connectivity index (χ4v) is 3.77. The van der Waals surface area contributed by atoms with Crippen LogP contribution < -0.4 is 10.2 Å². The van der Waals surface area contributed by atoms with Crippen molar-refractivity contribution in [3.63, 3.8) is 0 Å². The number of nitrogens with one attached hydrogen (secondary N) is 1. The Morgan fingerprint density at radius 3 is 2.29 bits per heavy atom. The average molecular weight is 327 g/mol. The van der Waals surface area contributed by atoms with E-state index in [1.165, 1.54) is 4.90 Å². The molecule has 0 bridgehead atoms. The van der Waals surface area contributed by atoms with Crippen molar-refractivity contribution in [2.45, 2.75) is 44.2 Å². The molecule has 1 aromatic rings. The summed E-state index contributed by atoms with van der Waals surface area (Å²) in [6.45, 7) is 1.71. The Labute approximate surface area is 133 Å². The van der Waals surface area contributed by atoms with E-state index in [1.807, 2.05) is 0 Å². The number of amides is 2. The fraction of sp³-hybridized carbons (Fsp3) is 0.467. The molecular weight excluding hydrogens is 311 g/mol. The van der Waals surface area contributed by atoms with E-state index >= 15 is 0 Å². The summed E-state index contributed by atoms with van der Waals surface area (Å²) in [7, 11) is 0. The van der Waals surface area contributed by atoms with Gasteiger partial charge in [-0.15, -0.1) is 0 Å². The molecule has 21 heavy (non-hydrogen) atoms. The molecule has 1 atom stereocenters. The molecule has 3 rings (SSSR count). The molecule has 1 aliphatic carbocycles. The van der Waals surface area contributed by atoms with Crippen LogP contribution >= 0.6 is 23.2 Å². The zero-order chi connectivity index (χ0) is 15.2. The topological polar surface area (TPSA) is 49.4 Å². The molecule has 6 heteroatoms. The molecule has 112 valence electrons. The second kappa shape index (κ2) is 5.18. The number of rotatable bonds is 1. The van der Waals surface area contributed by atoms with E-state index in [-0.39, 0.29) is 11.8 Å². The Morgan fingerprint density at radius 1 is 1.14 bits per heavy atom. The molecule has 0 radical (unpaired) electrons. The fourth-order valence-electron chi connectivity index (χ4n) is 3.25. The molecular formula is C15H16Cl2N2O2. The van der Waals surface area contributed by atoms with Gasteiger partial charge in [0.2, 0.25) is 5.91 Å². The smallest absolute Gasteiger partial charge is 0.253 e. The van der Waals surface area contributed by atoms with Gasteiger partial charge in [0.1, 0.15) is 11.6 Å². The predicted octanol–water partition coefficient (Wildman–Crippen LogP) is 3.16. The van der Waals surface area contributed by atoms with E-state index < -0.39 is 11.6 Å². The lowest BCUT2D eigenvalue weighted by atomic mass is 9.90. The van der Waals surface area contributed by atoms with Gasteiger partial charge in [0, 0.05) is 15.7 Å². The minimum Gasteiger partial charge on any atom is -0.340 e. The number of hydrogen-bond donors (Lipinski definition) is 1. The van der Waals surface area contributed by atoms with Crippen LogP contribution in [0.25, 0.3) is 0 Å². The van der Waals surface area contributed by atoms with E-state index in [1.54, 1.807) is 25.1 Å². The first-order chi connectivity index (χ1) is 9.93. The highest BCUT2D eigenvalue weighted by atomic mass is 35.5. The zero-order valence-corrected chi connectivity index (χ0v) is 13.2. The van der Waals surface area contributed by atoms with Gasteiger partial charge < -0.3 is 5.32 Å². The highest BCUT2D eigenvalue weighted by Gasteiger charge is 2.51. The molecule has 1 saturated heterocycles. The van der Waals surface area contributed by atoms with Gasteiger partial charge in [-0.25, -0.2) is 0 Å². The molecule has 2 aliphatic rings. The molecule has 1 spiro atoms. The summed E-state index contributed by atoms with van der Waals surface area (Å²) < 4.78 is 0. The largest absolute Gasteiger partial charge is 0.340 e. The number of hydrogen-bond acceptors (Lipinski definition) is 2. The van der Waals surface area contributed by atoms with Crippen LogP contribution in [0, 0.1) is 0 Å². The minimum absolute atomic E-state index is 0.0644. The highest BCUT2D eigenvalue weighted by molar-refractivity contribution is 6.35. The van der Waals surface area contributed by atoms with Gasteiger partial charge in [-0.3, -0.25) is 14.5 Å². The number of benzene rings is 1. The third-order valence-corrected chi connectivity index (χ3v) is 4.78. The molecule has 1 N–H and O–H groups in total. The summed E-state index contributed by atoms with van der Waals surface area (Å²) in [5, 5.41) is 3.82. The molecule has 2 amide bonds. The molecule has 1 heterocycles. The predicted molar refractivity (Wildman–Crippen MR) is 82.8 cm³/mol. The summed E-state index contributed by atoms with van der Waals surface area (Å²) in [5.41, 5.74) is -0.176. The van der Waals surface area contributed by atoms with Gasteiger partial charge >= 0.3 is 0 Å². The summed E-state index contributed by atoms with van der Waals surface area (Å²) in [6.07, 6.45) is 3.28. The van der Waals surface area contributed by atoms with Gasteiger partial charge in [0.25, 0.3) is 5.91 Å². The average Bonchev–Trinajstić information content (AvgIpc) is 2.85. The van der Waals surface area contributed by atoms with E-state index in [0.717, 1.165) is 12.8 Å². The van der Waals surface area contributed by atoms with Crippen molar-refractivity contribution in [1.82, 2.24) is 5.32 Å². The van der Waals surface area contributed by atoms with Gasteiger partial charge in [-0.05, 0) is 38.0 Å². The van der Waals surface area contributed by atoms with Crippen LogP contribution in [0.15, 0.2) is 18.2 Å². The van der Waals surface area contributed by atoms with Crippen molar-refractivity contribution >= 4 is 40.7 Å². The summed E-state index contributed by atoms with van der Waals surface area (Å²) >= 11 is 12.1. The molecule has 4 nitrogen and oxygen atoms in total. The lowest BCUT2D eigenvalue weighted by molar-refractivity contribution is -0.137. The third kappa shape index (κ3) is 2.40. The van der Waals surface area contributed by atoms with Crippen molar-refractivity contribution in [2.75, 3.05) is 4.90 Å². The van der Waals surface area contributed by atoms with E-state index in [4.69, 9.17) is 23.2 Å². The zero-order valence-electron chi connectivity index (χ0n) is 11.7. The van der Waals surface area contributed by atoms with Crippen LogP contribution in [-0.2, 0) is 9.59 Å². The second-order valence-electron chi connectivity index (χ2n) is 5.76. The van der Waals surface area contributed by atoms with Gasteiger partial charge in [0.05, 0.1) is 0 Å². The number of carbonyl (C=O) groups excluding carboxylic acids is 2. The Hall–Kier alpha value is -1.26. The first-order valence-corrected chi connectivity index (χ1v) is 7.80. The van der Waals surface area contributed by atoms with Crippen LogP contribution in [0.4, 0.5) is 5.69 Å². The molecule has 0 aromatic heterocycles. The molecule has 1 aliphatic heterocycles. The lowest BCUT2D eigenvalue weighted by Gasteiger charge is -2.43. The van der Waals surface area contributed by atoms with Crippen molar-refractivity contribution in [3.8, 4) is 0 Å². The first-order valence-electron chi connectivity index (χ1n) is 7.05. The Bertz CT molecular complexity index is 591. The standard InChI is InChI=1S/C15H16Cl2N2O2/c1-9-13(20)18-15(4-2-3-5-15)14(21)19(9)12-7-10(16)6-11(17)8-12/h6-9H,2-5H2,1H3,(H,18,20). The number of piperazine rings is 1. The number of carbonyl (C=O) groups is 2. The van der Waals surface area contributed by atoms with Gasteiger partial charge in [-0.2, -0.15) is 0 Å². The molecule has 1 aromatic carbocycles. The summed E-state index contributed by atoms with van der Waals surface area (Å²) in [4.78, 5) is 26.8. The summed E-state index contributed by atoms with van der Waals surface area (Å²) in [5.74, 6) is -0.196. The van der Waals surface area contributed by atoms with Crippen LogP contribution in [0.3, 0.4) is 0 Å². The van der Waals surface area contributed by atoms with Crippen molar-refractivity contribution in [1.29, 1.82) is 0 Å².